The predicted molar refractivity (Wildman–Crippen MR) is 132 cm³/mol. The van der Waals surface area contributed by atoms with Crippen LogP contribution >= 0.6 is 15.9 Å². The Hall–Kier alpha value is -2.84. The number of rotatable bonds is 6. The minimum Gasteiger partial charge on any atom is -0.372 e. The Morgan fingerprint density at radius 1 is 0.781 bits per heavy atom. The number of nitrogens with one attached hydrogen (secondary N) is 2. The number of anilines is 3. The lowest BCUT2D eigenvalue weighted by molar-refractivity contribution is 0.102. The van der Waals surface area contributed by atoms with Gasteiger partial charge in [-0.1, -0.05) is 15.9 Å². The van der Waals surface area contributed by atoms with Crippen LogP contribution in [0.2, 0.25) is 0 Å². The number of nitrogens with zero attached hydrogens (tertiary/aromatic N) is 1. The summed E-state index contributed by atoms with van der Waals surface area (Å²) in [5, 5.41) is 2.82. The first-order valence-corrected chi connectivity index (χ1v) is 12.7. The molecule has 2 N–H and O–H groups in total. The number of carbonyl (C=O) groups excluding carboxylic acids is 1. The van der Waals surface area contributed by atoms with Crippen LogP contribution in [0.15, 0.2) is 82.2 Å². The Morgan fingerprint density at radius 2 is 1.38 bits per heavy atom. The van der Waals surface area contributed by atoms with Crippen molar-refractivity contribution in [3.05, 3.63) is 82.8 Å². The zero-order valence-corrected chi connectivity index (χ0v) is 19.8. The molecule has 0 saturated carbocycles. The standard InChI is InChI=1S/C24H24BrN3O3S/c25-19-6-8-21(9-7-19)27-32(30,31)23-14-10-20(11-15-23)26-24(29)18-4-12-22(13-5-18)28-16-2-1-3-17-28/h4-15,27H,1-3,16-17H2,(H,26,29). The summed E-state index contributed by atoms with van der Waals surface area (Å²) >= 11 is 3.32. The van der Waals surface area contributed by atoms with Crippen molar-refractivity contribution in [1.82, 2.24) is 0 Å². The molecule has 0 aliphatic carbocycles. The van der Waals surface area contributed by atoms with Crippen molar-refractivity contribution >= 4 is 48.9 Å². The zero-order valence-electron chi connectivity index (χ0n) is 17.4. The van der Waals surface area contributed by atoms with Gasteiger partial charge in [-0.05, 0) is 92.1 Å². The van der Waals surface area contributed by atoms with Crippen LogP contribution in [0.3, 0.4) is 0 Å². The second kappa shape index (κ2) is 9.75. The van der Waals surface area contributed by atoms with E-state index in [2.05, 4.69) is 30.9 Å². The van der Waals surface area contributed by atoms with Gasteiger partial charge in [-0.2, -0.15) is 0 Å². The van der Waals surface area contributed by atoms with E-state index in [-0.39, 0.29) is 10.8 Å². The van der Waals surface area contributed by atoms with E-state index < -0.39 is 10.0 Å². The van der Waals surface area contributed by atoms with E-state index in [0.717, 1.165) is 23.2 Å². The molecular weight excluding hydrogens is 490 g/mol. The number of halogens is 1. The van der Waals surface area contributed by atoms with Crippen LogP contribution in [-0.4, -0.2) is 27.4 Å². The summed E-state index contributed by atoms with van der Waals surface area (Å²) in [6.45, 7) is 2.11. The van der Waals surface area contributed by atoms with Crippen LogP contribution in [0.4, 0.5) is 17.1 Å². The van der Waals surface area contributed by atoms with E-state index in [4.69, 9.17) is 0 Å². The highest BCUT2D eigenvalue weighted by atomic mass is 79.9. The van der Waals surface area contributed by atoms with Gasteiger partial charge in [0.2, 0.25) is 0 Å². The molecule has 0 unspecified atom stereocenters. The van der Waals surface area contributed by atoms with Gasteiger partial charge in [-0.3, -0.25) is 9.52 Å². The van der Waals surface area contributed by atoms with E-state index in [0.29, 0.717) is 16.9 Å². The first kappa shape index (κ1) is 22.4. The summed E-state index contributed by atoms with van der Waals surface area (Å²) in [7, 11) is -3.72. The average molecular weight is 514 g/mol. The second-order valence-corrected chi connectivity index (χ2v) is 10.3. The van der Waals surface area contributed by atoms with Crippen molar-refractivity contribution in [3.8, 4) is 0 Å². The topological polar surface area (TPSA) is 78.5 Å². The van der Waals surface area contributed by atoms with Crippen LogP contribution in [0, 0.1) is 0 Å². The van der Waals surface area contributed by atoms with Crippen LogP contribution < -0.4 is 14.9 Å². The molecule has 0 aromatic heterocycles. The number of hydrogen-bond donors (Lipinski definition) is 2. The SMILES string of the molecule is O=C(Nc1ccc(S(=O)(=O)Nc2ccc(Br)cc2)cc1)c1ccc(N2CCCCC2)cc1. The number of hydrogen-bond acceptors (Lipinski definition) is 4. The molecule has 3 aromatic rings. The molecule has 4 rings (SSSR count). The zero-order chi connectivity index (χ0) is 22.6. The molecule has 6 nitrogen and oxygen atoms in total. The van der Waals surface area contributed by atoms with E-state index >= 15 is 0 Å². The average Bonchev–Trinajstić information content (AvgIpc) is 2.81. The summed E-state index contributed by atoms with van der Waals surface area (Å²) in [5.74, 6) is -0.237. The van der Waals surface area contributed by atoms with Crippen LogP contribution in [0.5, 0.6) is 0 Å². The van der Waals surface area contributed by atoms with Crippen molar-refractivity contribution in [3.63, 3.8) is 0 Å². The summed E-state index contributed by atoms with van der Waals surface area (Å²) < 4.78 is 28.6. The number of carbonyl (C=O) groups is 1. The highest BCUT2D eigenvalue weighted by Gasteiger charge is 2.15. The molecule has 1 fully saturated rings. The molecule has 0 atom stereocenters. The fourth-order valence-electron chi connectivity index (χ4n) is 3.63. The first-order chi connectivity index (χ1) is 15.4. The highest BCUT2D eigenvalue weighted by molar-refractivity contribution is 9.10. The lowest BCUT2D eigenvalue weighted by atomic mass is 10.1. The molecule has 1 aliphatic rings. The number of sulfonamides is 1. The lowest BCUT2D eigenvalue weighted by Gasteiger charge is -2.28. The van der Waals surface area contributed by atoms with Crippen LogP contribution in [-0.2, 0) is 10.0 Å². The summed E-state index contributed by atoms with van der Waals surface area (Å²) in [6.07, 6.45) is 3.68. The Labute approximate surface area is 196 Å². The molecule has 1 aliphatic heterocycles. The van der Waals surface area contributed by atoms with Gasteiger partial charge in [0, 0.05) is 40.2 Å². The van der Waals surface area contributed by atoms with Gasteiger partial charge in [0.25, 0.3) is 15.9 Å². The van der Waals surface area contributed by atoms with E-state index in [1.54, 1.807) is 36.4 Å². The van der Waals surface area contributed by atoms with Gasteiger partial charge in [0.05, 0.1) is 4.90 Å². The van der Waals surface area contributed by atoms with Gasteiger partial charge < -0.3 is 10.2 Å². The molecule has 1 heterocycles. The lowest BCUT2D eigenvalue weighted by Crippen LogP contribution is -2.29. The van der Waals surface area contributed by atoms with Gasteiger partial charge >= 0.3 is 0 Å². The largest absolute Gasteiger partial charge is 0.372 e. The number of benzene rings is 3. The molecule has 0 radical (unpaired) electrons. The van der Waals surface area contributed by atoms with Crippen LogP contribution in [0.25, 0.3) is 0 Å². The minimum atomic E-state index is -3.72. The van der Waals surface area contributed by atoms with E-state index in [9.17, 15) is 13.2 Å². The Balaban J connectivity index is 1.39. The van der Waals surface area contributed by atoms with Crippen molar-refractivity contribution in [1.29, 1.82) is 0 Å². The third-order valence-electron chi connectivity index (χ3n) is 5.37. The summed E-state index contributed by atoms with van der Waals surface area (Å²) in [6, 6.07) is 20.6. The van der Waals surface area contributed by atoms with Crippen LogP contribution in [0.1, 0.15) is 29.6 Å². The van der Waals surface area contributed by atoms with Gasteiger partial charge in [0.15, 0.2) is 0 Å². The first-order valence-electron chi connectivity index (χ1n) is 10.5. The van der Waals surface area contributed by atoms with Crippen molar-refractivity contribution in [2.24, 2.45) is 0 Å². The minimum absolute atomic E-state index is 0.115. The molecule has 8 heteroatoms. The fraction of sp³-hybridized carbons (Fsp3) is 0.208. The van der Waals surface area contributed by atoms with E-state index in [1.165, 1.54) is 31.4 Å². The Kier molecular flexibility index (Phi) is 6.81. The summed E-state index contributed by atoms with van der Waals surface area (Å²) in [4.78, 5) is 15.0. The highest BCUT2D eigenvalue weighted by Crippen LogP contribution is 2.22. The third-order valence-corrected chi connectivity index (χ3v) is 7.30. The van der Waals surface area contributed by atoms with Gasteiger partial charge in [-0.25, -0.2) is 8.42 Å². The normalized spacial score (nSPS) is 14.1. The molecular formula is C24H24BrN3O3S. The third kappa shape index (κ3) is 5.49. The molecule has 32 heavy (non-hydrogen) atoms. The fourth-order valence-corrected chi connectivity index (χ4v) is 4.95. The molecule has 1 amide bonds. The summed E-state index contributed by atoms with van der Waals surface area (Å²) in [5.41, 5.74) is 2.68. The van der Waals surface area contributed by atoms with Crippen molar-refractivity contribution in [2.75, 3.05) is 28.0 Å². The van der Waals surface area contributed by atoms with Crippen molar-refractivity contribution in [2.45, 2.75) is 24.2 Å². The number of piperidine rings is 1. The maximum atomic E-state index is 12.6. The van der Waals surface area contributed by atoms with E-state index in [1.807, 2.05) is 24.3 Å². The molecule has 3 aromatic carbocycles. The molecule has 166 valence electrons. The van der Waals surface area contributed by atoms with Crippen molar-refractivity contribution < 1.29 is 13.2 Å². The molecule has 1 saturated heterocycles. The smallest absolute Gasteiger partial charge is 0.261 e. The Morgan fingerprint density at radius 3 is 2.00 bits per heavy atom. The monoisotopic (exact) mass is 513 g/mol. The molecule has 0 bridgehead atoms. The number of amides is 1. The molecule has 0 spiro atoms. The maximum absolute atomic E-state index is 12.6. The Bertz CT molecular complexity index is 1170. The quantitative estimate of drug-likeness (QED) is 0.456. The predicted octanol–water partition coefficient (Wildman–Crippen LogP) is 5.49. The maximum Gasteiger partial charge on any atom is 0.261 e. The second-order valence-electron chi connectivity index (χ2n) is 7.69. The van der Waals surface area contributed by atoms with Gasteiger partial charge in [0.1, 0.15) is 0 Å². The van der Waals surface area contributed by atoms with Gasteiger partial charge in [-0.15, -0.1) is 0 Å².